The van der Waals surface area contributed by atoms with Crippen molar-refractivity contribution in [2.24, 2.45) is 0 Å². The SMILES string of the molecule is F.F.N.N.OCCN(CCO)CCO. The smallest absolute Gasteiger partial charge is 0.0558 e. The van der Waals surface area contributed by atoms with Crippen LogP contribution >= 0.6 is 0 Å². The maximum Gasteiger partial charge on any atom is 0.0558 e. The lowest BCUT2D eigenvalue weighted by molar-refractivity contribution is 0.136. The molecule has 8 heteroatoms. The zero-order chi connectivity index (χ0) is 7.82. The maximum absolute atomic E-state index is 8.48. The van der Waals surface area contributed by atoms with E-state index >= 15 is 0 Å². The number of rotatable bonds is 6. The Kier molecular flexibility index (Phi) is 47.8. The first-order valence-electron chi connectivity index (χ1n) is 3.40. The summed E-state index contributed by atoms with van der Waals surface area (Å²) in [5, 5.41) is 25.5. The number of nitrogens with zero attached hydrogens (tertiary/aromatic N) is 1. The van der Waals surface area contributed by atoms with Gasteiger partial charge in [0.05, 0.1) is 19.8 Å². The highest BCUT2D eigenvalue weighted by Crippen LogP contribution is 1.84. The molecule has 0 aliphatic rings. The predicted octanol–water partition coefficient (Wildman–Crippen LogP) is -1.11. The van der Waals surface area contributed by atoms with Crippen LogP contribution < -0.4 is 12.3 Å². The van der Waals surface area contributed by atoms with E-state index in [1.807, 2.05) is 0 Å². The Balaban J connectivity index is -0.0000000675. The van der Waals surface area contributed by atoms with Crippen molar-refractivity contribution in [2.45, 2.75) is 0 Å². The van der Waals surface area contributed by atoms with E-state index < -0.39 is 0 Å². The zero-order valence-corrected chi connectivity index (χ0v) is 8.26. The van der Waals surface area contributed by atoms with Gasteiger partial charge in [-0.25, -0.2) is 0 Å². The van der Waals surface area contributed by atoms with E-state index in [0.29, 0.717) is 19.6 Å². The van der Waals surface area contributed by atoms with Gasteiger partial charge in [-0.2, -0.15) is 0 Å². The van der Waals surface area contributed by atoms with Crippen molar-refractivity contribution in [3.05, 3.63) is 0 Å². The van der Waals surface area contributed by atoms with Crippen LogP contribution in [0, 0.1) is 0 Å². The molecule has 0 atom stereocenters. The number of aliphatic hydroxyl groups is 3. The largest absolute Gasteiger partial charge is 0.395 e. The molecule has 0 fully saturated rings. The zero-order valence-electron chi connectivity index (χ0n) is 8.26. The fourth-order valence-electron chi connectivity index (χ4n) is 0.760. The lowest BCUT2D eigenvalue weighted by Gasteiger charge is -2.17. The fraction of sp³-hybridized carbons (Fsp3) is 1.00. The summed E-state index contributed by atoms with van der Waals surface area (Å²) < 4.78 is 0. The first kappa shape index (κ1) is 29.2. The highest BCUT2D eigenvalue weighted by molar-refractivity contribution is 4.54. The van der Waals surface area contributed by atoms with Crippen LogP contribution in [0.5, 0.6) is 0 Å². The second-order valence-corrected chi connectivity index (χ2v) is 2.01. The van der Waals surface area contributed by atoms with Crippen LogP contribution in [-0.4, -0.2) is 59.7 Å². The molecule has 0 aromatic heterocycles. The maximum atomic E-state index is 8.48. The molecule has 0 heterocycles. The molecule has 0 rings (SSSR count). The Labute approximate surface area is 82.4 Å². The lowest BCUT2D eigenvalue weighted by Crippen LogP contribution is -2.32. The van der Waals surface area contributed by atoms with E-state index in [1.54, 1.807) is 4.90 Å². The Morgan fingerprint density at radius 1 is 0.643 bits per heavy atom. The van der Waals surface area contributed by atoms with Crippen molar-refractivity contribution in [1.82, 2.24) is 17.2 Å². The second kappa shape index (κ2) is 22.9. The topological polar surface area (TPSA) is 134 Å². The third-order valence-electron chi connectivity index (χ3n) is 1.25. The van der Waals surface area contributed by atoms with Crippen molar-refractivity contribution in [3.63, 3.8) is 0 Å². The molecule has 0 spiro atoms. The Morgan fingerprint density at radius 2 is 0.857 bits per heavy atom. The van der Waals surface area contributed by atoms with Gasteiger partial charge in [0, 0.05) is 19.6 Å². The first-order chi connectivity index (χ1) is 4.85. The number of hydrogen-bond acceptors (Lipinski definition) is 6. The van der Waals surface area contributed by atoms with Crippen molar-refractivity contribution in [2.75, 3.05) is 39.5 Å². The van der Waals surface area contributed by atoms with Gasteiger partial charge in [-0.1, -0.05) is 0 Å². The Hall–Kier alpha value is -0.380. The van der Waals surface area contributed by atoms with E-state index in [-0.39, 0.29) is 41.5 Å². The van der Waals surface area contributed by atoms with Crippen LogP contribution in [-0.2, 0) is 0 Å². The van der Waals surface area contributed by atoms with Crippen molar-refractivity contribution >= 4 is 0 Å². The molecule has 0 aromatic carbocycles. The second-order valence-electron chi connectivity index (χ2n) is 2.01. The van der Waals surface area contributed by atoms with Crippen LogP contribution in [0.25, 0.3) is 0 Å². The molecule has 0 bridgehead atoms. The molecule has 9 N–H and O–H groups in total. The highest BCUT2D eigenvalue weighted by atomic mass is 19.0. The third-order valence-corrected chi connectivity index (χ3v) is 1.25. The van der Waals surface area contributed by atoms with Crippen LogP contribution in [0.15, 0.2) is 0 Å². The summed E-state index contributed by atoms with van der Waals surface area (Å²) in [6, 6.07) is 0. The van der Waals surface area contributed by atoms with Gasteiger partial charge < -0.3 is 27.6 Å². The minimum Gasteiger partial charge on any atom is -0.395 e. The molecule has 0 saturated heterocycles. The van der Waals surface area contributed by atoms with Crippen molar-refractivity contribution < 1.29 is 24.7 Å². The normalized spacial score (nSPS) is 7.71. The molecular weight excluding hydrogens is 200 g/mol. The van der Waals surface area contributed by atoms with Gasteiger partial charge in [0.15, 0.2) is 0 Å². The summed E-state index contributed by atoms with van der Waals surface area (Å²) in [5.41, 5.74) is 0. The minimum absolute atomic E-state index is 0. The van der Waals surface area contributed by atoms with Gasteiger partial charge in [0.2, 0.25) is 0 Å². The minimum atomic E-state index is 0. The first-order valence-corrected chi connectivity index (χ1v) is 3.40. The monoisotopic (exact) mass is 223 g/mol. The van der Waals surface area contributed by atoms with E-state index in [2.05, 4.69) is 0 Å². The fourth-order valence-corrected chi connectivity index (χ4v) is 0.760. The Bertz CT molecular complexity index is 69.1. The summed E-state index contributed by atoms with van der Waals surface area (Å²) in [6.07, 6.45) is 0. The average molecular weight is 223 g/mol. The number of hydrogen-bond donors (Lipinski definition) is 5. The van der Waals surface area contributed by atoms with E-state index in [4.69, 9.17) is 15.3 Å². The van der Waals surface area contributed by atoms with Crippen LogP contribution in [0.2, 0.25) is 0 Å². The molecule has 0 aliphatic heterocycles. The molecule has 6 nitrogen and oxygen atoms in total. The van der Waals surface area contributed by atoms with Crippen molar-refractivity contribution in [1.29, 1.82) is 0 Å². The summed E-state index contributed by atoms with van der Waals surface area (Å²) in [4.78, 5) is 1.79. The summed E-state index contributed by atoms with van der Waals surface area (Å²) >= 11 is 0. The van der Waals surface area contributed by atoms with Crippen LogP contribution in [0.4, 0.5) is 9.41 Å². The quantitative estimate of drug-likeness (QED) is 0.388. The number of aliphatic hydroxyl groups excluding tert-OH is 3. The standard InChI is InChI=1S/C6H15NO3.2FH.2H3N/c8-4-1-7(2-5-9)3-6-10;;;;/h8-10H,1-6H2;2*1H;2*1H3. The van der Waals surface area contributed by atoms with E-state index in [0.717, 1.165) is 0 Å². The molecule has 0 radical (unpaired) electrons. The summed E-state index contributed by atoms with van der Waals surface area (Å²) in [5.74, 6) is 0. The molecule has 0 saturated carbocycles. The lowest BCUT2D eigenvalue weighted by atomic mass is 10.4. The van der Waals surface area contributed by atoms with Crippen molar-refractivity contribution in [3.8, 4) is 0 Å². The van der Waals surface area contributed by atoms with E-state index in [1.165, 1.54) is 0 Å². The molecule has 0 unspecified atom stereocenters. The molecular formula is C6H23F2N3O3. The summed E-state index contributed by atoms with van der Waals surface area (Å²) in [6.45, 7) is 1.75. The highest BCUT2D eigenvalue weighted by Gasteiger charge is 2.00. The molecule has 0 aromatic rings. The molecule has 0 amide bonds. The van der Waals surface area contributed by atoms with Gasteiger partial charge in [-0.05, 0) is 0 Å². The molecule has 14 heavy (non-hydrogen) atoms. The molecule has 94 valence electrons. The Morgan fingerprint density at radius 3 is 1.00 bits per heavy atom. The van der Waals surface area contributed by atoms with Gasteiger partial charge >= 0.3 is 0 Å². The van der Waals surface area contributed by atoms with Crippen LogP contribution in [0.3, 0.4) is 0 Å². The van der Waals surface area contributed by atoms with Gasteiger partial charge in [-0.3, -0.25) is 14.3 Å². The van der Waals surface area contributed by atoms with Gasteiger partial charge in [0.1, 0.15) is 0 Å². The summed E-state index contributed by atoms with van der Waals surface area (Å²) in [7, 11) is 0. The molecule has 0 aliphatic carbocycles. The van der Waals surface area contributed by atoms with Crippen LogP contribution in [0.1, 0.15) is 0 Å². The predicted molar refractivity (Wildman–Crippen MR) is 52.7 cm³/mol. The van der Waals surface area contributed by atoms with E-state index in [9.17, 15) is 0 Å². The van der Waals surface area contributed by atoms with Gasteiger partial charge in [-0.15, -0.1) is 0 Å². The third kappa shape index (κ3) is 17.6. The number of halogens is 2. The van der Waals surface area contributed by atoms with Gasteiger partial charge in [0.25, 0.3) is 0 Å². The average Bonchev–Trinajstić information content (AvgIpc) is 1.90.